The van der Waals surface area contributed by atoms with Crippen LogP contribution in [0.2, 0.25) is 0 Å². The van der Waals surface area contributed by atoms with Gasteiger partial charge in [0.15, 0.2) is 0 Å². The summed E-state index contributed by atoms with van der Waals surface area (Å²) in [7, 11) is 0. The van der Waals surface area contributed by atoms with Gasteiger partial charge in [0, 0.05) is 0 Å². The minimum Gasteiger partial charge on any atom is -0.370 e. The van der Waals surface area contributed by atoms with Crippen LogP contribution in [0.4, 0.5) is 0 Å². The van der Waals surface area contributed by atoms with Gasteiger partial charge in [-0.3, -0.25) is 0 Å². The first-order valence-corrected chi connectivity index (χ1v) is 6.86. The summed E-state index contributed by atoms with van der Waals surface area (Å²) in [6, 6.07) is 0. The lowest BCUT2D eigenvalue weighted by molar-refractivity contribution is -0.104. The minimum absolute atomic E-state index is 0.0775. The van der Waals surface area contributed by atoms with Crippen molar-refractivity contribution in [1.29, 1.82) is 0 Å². The van der Waals surface area contributed by atoms with Crippen LogP contribution in [0.3, 0.4) is 0 Å². The molecule has 0 aromatic rings. The molecular formula is C15H26O. The van der Waals surface area contributed by atoms with Crippen molar-refractivity contribution in [2.75, 3.05) is 6.61 Å². The Labute approximate surface area is 100 Å². The van der Waals surface area contributed by atoms with Crippen LogP contribution < -0.4 is 0 Å². The van der Waals surface area contributed by atoms with Crippen LogP contribution in [0.25, 0.3) is 0 Å². The Kier molecular flexibility index (Phi) is 3.44. The molecule has 0 radical (unpaired) electrons. The van der Waals surface area contributed by atoms with E-state index in [1.807, 2.05) is 0 Å². The third-order valence-electron chi connectivity index (χ3n) is 4.43. The standard InChI is InChI=1S/C15H26O/c1-11(2)14-6-5-12(3)9-15(14)10-13(4)7-8-16-15/h10-12,14H,5-9H2,1-4H3. The van der Waals surface area contributed by atoms with Crippen LogP contribution in [0.1, 0.15) is 53.4 Å². The van der Waals surface area contributed by atoms with E-state index >= 15 is 0 Å². The lowest BCUT2D eigenvalue weighted by Crippen LogP contribution is -2.48. The second kappa shape index (κ2) is 4.52. The van der Waals surface area contributed by atoms with E-state index in [1.54, 1.807) is 0 Å². The Balaban J connectivity index is 2.28. The van der Waals surface area contributed by atoms with Gasteiger partial charge in [-0.05, 0) is 43.9 Å². The summed E-state index contributed by atoms with van der Waals surface area (Å²) in [6.07, 6.45) is 7.52. The zero-order chi connectivity index (χ0) is 11.8. The monoisotopic (exact) mass is 222 g/mol. The largest absolute Gasteiger partial charge is 0.370 e. The maximum Gasteiger partial charge on any atom is 0.0898 e. The molecule has 0 N–H and O–H groups in total. The van der Waals surface area contributed by atoms with Crippen molar-refractivity contribution in [2.24, 2.45) is 17.8 Å². The Hall–Kier alpha value is -0.300. The fourth-order valence-electron chi connectivity index (χ4n) is 3.67. The van der Waals surface area contributed by atoms with Gasteiger partial charge in [0.1, 0.15) is 0 Å². The molecule has 0 aromatic heterocycles. The molecule has 3 unspecified atom stereocenters. The Morgan fingerprint density at radius 2 is 2.12 bits per heavy atom. The maximum absolute atomic E-state index is 6.24. The van der Waals surface area contributed by atoms with Crippen LogP contribution in [0.15, 0.2) is 11.6 Å². The van der Waals surface area contributed by atoms with Gasteiger partial charge in [0.25, 0.3) is 0 Å². The van der Waals surface area contributed by atoms with Crippen molar-refractivity contribution in [3.63, 3.8) is 0 Å². The lowest BCUT2D eigenvalue weighted by atomic mass is 9.66. The van der Waals surface area contributed by atoms with E-state index in [0.29, 0.717) is 0 Å². The quantitative estimate of drug-likeness (QED) is 0.605. The first-order valence-electron chi connectivity index (χ1n) is 6.86. The second-order valence-corrected chi connectivity index (χ2v) is 6.28. The van der Waals surface area contributed by atoms with Crippen molar-refractivity contribution in [2.45, 2.75) is 59.0 Å². The molecule has 0 bridgehead atoms. The highest BCUT2D eigenvalue weighted by atomic mass is 16.5. The minimum atomic E-state index is 0.0775. The molecule has 1 spiro atoms. The first kappa shape index (κ1) is 12.2. The zero-order valence-corrected chi connectivity index (χ0v) is 11.3. The van der Waals surface area contributed by atoms with Crippen LogP contribution in [-0.4, -0.2) is 12.2 Å². The molecule has 2 aliphatic rings. The van der Waals surface area contributed by atoms with Crippen molar-refractivity contribution < 1.29 is 4.74 Å². The van der Waals surface area contributed by atoms with E-state index in [4.69, 9.17) is 4.74 Å². The summed E-state index contributed by atoms with van der Waals surface area (Å²) < 4.78 is 6.24. The fraction of sp³-hybridized carbons (Fsp3) is 0.867. The molecule has 2 rings (SSSR count). The highest BCUT2D eigenvalue weighted by molar-refractivity contribution is 5.17. The lowest BCUT2D eigenvalue weighted by Gasteiger charge is -2.48. The van der Waals surface area contributed by atoms with E-state index in [0.717, 1.165) is 30.8 Å². The summed E-state index contributed by atoms with van der Waals surface area (Å²) in [5.41, 5.74) is 1.61. The van der Waals surface area contributed by atoms with Crippen molar-refractivity contribution in [3.05, 3.63) is 11.6 Å². The van der Waals surface area contributed by atoms with Gasteiger partial charge >= 0.3 is 0 Å². The molecule has 1 nitrogen and oxygen atoms in total. The summed E-state index contributed by atoms with van der Waals surface area (Å²) in [5, 5.41) is 0. The predicted molar refractivity (Wildman–Crippen MR) is 68.4 cm³/mol. The molecule has 0 amide bonds. The fourth-order valence-corrected chi connectivity index (χ4v) is 3.67. The van der Waals surface area contributed by atoms with E-state index in [1.165, 1.54) is 24.8 Å². The topological polar surface area (TPSA) is 9.23 Å². The first-order chi connectivity index (χ1) is 7.53. The SMILES string of the molecule is CC1=CC2(CC(C)CCC2C(C)C)OCC1. The molecule has 1 aliphatic heterocycles. The average Bonchev–Trinajstić information content (AvgIpc) is 2.16. The van der Waals surface area contributed by atoms with Gasteiger partial charge in [-0.1, -0.05) is 38.8 Å². The molecule has 1 heterocycles. The van der Waals surface area contributed by atoms with Gasteiger partial charge in [-0.25, -0.2) is 0 Å². The molecule has 0 aromatic carbocycles. The number of hydrogen-bond acceptors (Lipinski definition) is 1. The van der Waals surface area contributed by atoms with E-state index in [-0.39, 0.29) is 5.60 Å². The average molecular weight is 222 g/mol. The van der Waals surface area contributed by atoms with Crippen molar-refractivity contribution in [1.82, 2.24) is 0 Å². The smallest absolute Gasteiger partial charge is 0.0898 e. The number of ether oxygens (including phenoxy) is 1. The molecule has 92 valence electrons. The van der Waals surface area contributed by atoms with Gasteiger partial charge in [0.2, 0.25) is 0 Å². The van der Waals surface area contributed by atoms with Crippen LogP contribution >= 0.6 is 0 Å². The molecule has 3 atom stereocenters. The summed E-state index contributed by atoms with van der Waals surface area (Å²) in [4.78, 5) is 0. The molecular weight excluding hydrogens is 196 g/mol. The zero-order valence-electron chi connectivity index (χ0n) is 11.3. The number of rotatable bonds is 1. The van der Waals surface area contributed by atoms with Crippen molar-refractivity contribution >= 4 is 0 Å². The van der Waals surface area contributed by atoms with E-state index in [9.17, 15) is 0 Å². The third-order valence-corrected chi connectivity index (χ3v) is 4.43. The van der Waals surface area contributed by atoms with Gasteiger partial charge in [-0.15, -0.1) is 0 Å². The normalized spacial score (nSPS) is 40.2. The third kappa shape index (κ3) is 2.20. The highest BCUT2D eigenvalue weighted by Gasteiger charge is 2.44. The van der Waals surface area contributed by atoms with E-state index < -0.39 is 0 Å². The van der Waals surface area contributed by atoms with Crippen molar-refractivity contribution in [3.8, 4) is 0 Å². The molecule has 16 heavy (non-hydrogen) atoms. The van der Waals surface area contributed by atoms with E-state index in [2.05, 4.69) is 33.8 Å². The van der Waals surface area contributed by atoms with Crippen LogP contribution in [0, 0.1) is 17.8 Å². The predicted octanol–water partition coefficient (Wildman–Crippen LogP) is 4.18. The summed E-state index contributed by atoms with van der Waals surface area (Å²) in [5.74, 6) is 2.27. The maximum atomic E-state index is 6.24. The van der Waals surface area contributed by atoms with Gasteiger partial charge < -0.3 is 4.74 Å². The Morgan fingerprint density at radius 3 is 2.75 bits per heavy atom. The van der Waals surface area contributed by atoms with Gasteiger partial charge in [0.05, 0.1) is 12.2 Å². The molecule has 0 saturated heterocycles. The summed E-state index contributed by atoms with van der Waals surface area (Å²) in [6.45, 7) is 10.3. The molecule has 1 fully saturated rings. The number of hydrogen-bond donors (Lipinski definition) is 0. The molecule has 1 saturated carbocycles. The summed E-state index contributed by atoms with van der Waals surface area (Å²) >= 11 is 0. The molecule has 1 aliphatic carbocycles. The van der Waals surface area contributed by atoms with Gasteiger partial charge in [-0.2, -0.15) is 0 Å². The molecule has 1 heteroatoms. The second-order valence-electron chi connectivity index (χ2n) is 6.28. The highest BCUT2D eigenvalue weighted by Crippen LogP contribution is 2.46. The van der Waals surface area contributed by atoms with Crippen LogP contribution in [0.5, 0.6) is 0 Å². The Bertz CT molecular complexity index is 279. The Morgan fingerprint density at radius 1 is 1.38 bits per heavy atom. The van der Waals surface area contributed by atoms with Crippen LogP contribution in [-0.2, 0) is 4.74 Å².